The molecule has 2 fully saturated rings. The van der Waals surface area contributed by atoms with Gasteiger partial charge in [0.2, 0.25) is 19.0 Å². The highest BCUT2D eigenvalue weighted by molar-refractivity contribution is 5.76. The number of rotatable bonds is 13. The lowest BCUT2D eigenvalue weighted by atomic mass is 9.79. The predicted octanol–water partition coefficient (Wildman–Crippen LogP) is 22.0. The van der Waals surface area contributed by atoms with Crippen molar-refractivity contribution in [2.24, 2.45) is 23.7 Å². The average molecular weight is 1240 g/mol. The molecule has 490 valence electrons. The summed E-state index contributed by atoms with van der Waals surface area (Å²) in [4.78, 5) is 2.97. The largest absolute Gasteiger partial charge is 0.255 e. The lowest BCUT2D eigenvalue weighted by molar-refractivity contribution is -0.715. The van der Waals surface area contributed by atoms with Gasteiger partial charge in [-0.05, 0) is 213 Å². The fourth-order valence-corrected chi connectivity index (χ4v) is 13.4. The minimum Gasteiger partial charge on any atom is -0.250 e. The van der Waals surface area contributed by atoms with Crippen LogP contribution in [0.25, 0.3) is 55.8 Å². The maximum atomic E-state index is 2.97. The number of para-hydroxylation sites is 6. The molecule has 1 N–H and O–H groups in total. The molecule has 2 aliphatic rings. The Hall–Kier alpha value is -7.84. The molecule has 0 spiro atoms. The van der Waals surface area contributed by atoms with Crippen molar-refractivity contribution in [3.63, 3.8) is 0 Å². The van der Waals surface area contributed by atoms with Gasteiger partial charge in [-0.3, -0.25) is 4.98 Å². The highest BCUT2D eigenvalue weighted by atomic mass is 15.2. The van der Waals surface area contributed by atoms with Crippen molar-refractivity contribution in [3.8, 4) is 22.7 Å². The average Bonchev–Trinajstić information content (AvgIpc) is 1.65. The molecule has 0 aliphatic heterocycles. The lowest BCUT2D eigenvalue weighted by Crippen LogP contribution is -2.41. The van der Waals surface area contributed by atoms with Gasteiger partial charge in [0.05, 0.1) is 6.04 Å². The highest BCUT2D eigenvalue weighted by Gasteiger charge is 2.34. The van der Waals surface area contributed by atoms with Crippen molar-refractivity contribution in [2.45, 2.75) is 213 Å². The van der Waals surface area contributed by atoms with Crippen LogP contribution in [0.3, 0.4) is 0 Å². The van der Waals surface area contributed by atoms with Crippen LogP contribution in [0.2, 0.25) is 0 Å². The van der Waals surface area contributed by atoms with Crippen molar-refractivity contribution in [2.75, 3.05) is 0 Å². The lowest BCUT2D eigenvalue weighted by Gasteiger charge is -2.29. The Labute approximate surface area is 556 Å². The van der Waals surface area contributed by atoms with Crippen molar-refractivity contribution in [3.05, 3.63) is 230 Å². The number of aromatic nitrogens is 8. The maximum absolute atomic E-state index is 2.97. The molecule has 7 aromatic carbocycles. The first kappa shape index (κ1) is 73.2. The summed E-state index contributed by atoms with van der Waals surface area (Å²) in [6.07, 6.45) is 22.0. The molecular weight excluding hydrogens is 1120 g/mol. The first-order chi connectivity index (χ1) is 42.4. The summed E-state index contributed by atoms with van der Waals surface area (Å²) >= 11 is 0. The van der Waals surface area contributed by atoms with Gasteiger partial charge in [-0.15, -0.1) is 0 Å². The Bertz CT molecular complexity index is 3850. The quantitative estimate of drug-likeness (QED) is 0.112. The molecule has 2 saturated carbocycles. The van der Waals surface area contributed by atoms with Crippen LogP contribution >= 0.6 is 0 Å². The molecule has 0 radical (unpaired) electrons. The van der Waals surface area contributed by atoms with Gasteiger partial charge in [-0.25, -0.2) is 13.7 Å². The zero-order chi connectivity index (χ0) is 62.2. The van der Waals surface area contributed by atoms with E-state index in [1.165, 1.54) is 123 Å². The van der Waals surface area contributed by atoms with Gasteiger partial charge in [-0.1, -0.05) is 198 Å². The number of nitrogens with zero attached hydrogens (tertiary/aromatic N) is 7. The van der Waals surface area contributed by atoms with Gasteiger partial charge in [0, 0.05) is 0 Å². The monoisotopic (exact) mass is 1240 g/mol. The first-order valence-electron chi connectivity index (χ1n) is 33.4. The summed E-state index contributed by atoms with van der Waals surface area (Å²) in [5, 5.41) is 0. The number of hydrogen-bond acceptors (Lipinski definition) is 0. The molecule has 8 nitrogen and oxygen atoms in total. The van der Waals surface area contributed by atoms with Crippen LogP contribution in [0.4, 0.5) is 0 Å². The molecular formula is C84H118N8+4. The molecule has 4 heterocycles. The smallest absolute Gasteiger partial charge is 0.250 e. The van der Waals surface area contributed by atoms with Crippen LogP contribution in [-0.4, -0.2) is 18.7 Å². The normalized spacial score (nSPS) is 16.2. The summed E-state index contributed by atoms with van der Waals surface area (Å²) in [5.74, 6) is 5.60. The summed E-state index contributed by atoms with van der Waals surface area (Å²) < 4.78 is 16.5. The van der Waals surface area contributed by atoms with Gasteiger partial charge in [0.25, 0.3) is 6.33 Å². The van der Waals surface area contributed by atoms with E-state index in [1.807, 2.05) is 18.7 Å². The SMILES string of the molecule is C.C.C.C.CC(C)[n+]1cc[nH]c1.CC(C)c1ccc(-n2c[n+](-c3ccc(C(C)C)cc3)c3ccccc32)cc1.CC(C)c1ccc(-n2c[n+](C3CCC(C(C)C)C3)c3ccccc32)cc1.CC(C)c1ccc(-n2c[n+](C3CCC(C(C)C)CC3)c3ccccc32)cc1. The van der Waals surface area contributed by atoms with Gasteiger partial charge < -0.3 is 0 Å². The second-order valence-corrected chi connectivity index (χ2v) is 27.5. The Kier molecular flexibility index (Phi) is 26.4. The molecule has 8 heteroatoms. The fraction of sp³-hybridized carbons (Fsp3) is 0.429. The topological polar surface area (TPSA) is 46.1 Å². The molecule has 0 saturated heterocycles. The van der Waals surface area contributed by atoms with E-state index in [2.05, 4.69) is 323 Å². The standard InChI is InChI=1S/C25H33N2.C25H27N2.C24H31N2.C6H10N2.4CH4/c2*1-18(2)20-9-13-22(14-10-20)26-17-27(25-8-6-5-7-24(25)26)23-15-11-21(12-16-23)19(3)4;1-17(2)19-9-12-21(13-10-19)25-16-26(24-8-6-5-7-23(24)25)22-14-11-20(15-22)18(3)4;1-6(2)8-4-3-7-5-8;;;;/h5-10,13-14,17-19,21,23H,11-12,15-16H2,1-4H3;5-19H,1-4H3;5-10,12-13,16-18,20,22H,11,14-15H2,1-4H3;3-6H,1-2H3;4*1H4/q3*+1;;;;;/p+1. The fourth-order valence-electron chi connectivity index (χ4n) is 13.4. The van der Waals surface area contributed by atoms with E-state index in [9.17, 15) is 0 Å². The number of fused-ring (bicyclic) bond motifs is 3. The van der Waals surface area contributed by atoms with Crippen molar-refractivity contribution in [1.29, 1.82) is 0 Å². The third-order valence-corrected chi connectivity index (χ3v) is 19.3. The van der Waals surface area contributed by atoms with Crippen molar-refractivity contribution in [1.82, 2.24) is 18.7 Å². The summed E-state index contributed by atoms with van der Waals surface area (Å²) in [7, 11) is 0. The number of H-pyrrole nitrogens is 1. The van der Waals surface area contributed by atoms with E-state index >= 15 is 0 Å². The van der Waals surface area contributed by atoms with E-state index in [0.717, 1.165) is 23.7 Å². The van der Waals surface area contributed by atoms with E-state index in [-0.39, 0.29) is 29.7 Å². The van der Waals surface area contributed by atoms with Gasteiger partial charge in [0.15, 0.2) is 33.1 Å². The van der Waals surface area contributed by atoms with Crippen LogP contribution in [0.15, 0.2) is 208 Å². The maximum Gasteiger partial charge on any atom is 0.255 e. The van der Waals surface area contributed by atoms with E-state index in [1.54, 1.807) is 0 Å². The molecule has 92 heavy (non-hydrogen) atoms. The second-order valence-electron chi connectivity index (χ2n) is 27.5. The zero-order valence-corrected chi connectivity index (χ0v) is 55.6. The first-order valence-corrected chi connectivity index (χ1v) is 33.4. The molecule has 4 aromatic heterocycles. The number of nitrogens with one attached hydrogen (secondary N) is 1. The number of benzene rings is 7. The van der Waals surface area contributed by atoms with Gasteiger partial charge in [0.1, 0.15) is 47.2 Å². The Balaban J connectivity index is 0.000000202. The molecule has 2 unspecified atom stereocenters. The summed E-state index contributed by atoms with van der Waals surface area (Å²) in [6.45, 7) is 31.7. The highest BCUT2D eigenvalue weighted by Crippen LogP contribution is 2.38. The van der Waals surface area contributed by atoms with Crippen LogP contribution in [0.1, 0.15) is 236 Å². The van der Waals surface area contributed by atoms with Crippen LogP contribution in [0, 0.1) is 23.7 Å². The summed E-state index contributed by atoms with van der Waals surface area (Å²) in [6, 6.07) is 64.0. The minimum absolute atomic E-state index is 0. The van der Waals surface area contributed by atoms with E-state index in [0.29, 0.717) is 41.8 Å². The Morgan fingerprint density at radius 3 is 1.08 bits per heavy atom. The predicted molar refractivity (Wildman–Crippen MR) is 393 cm³/mol. The second kappa shape index (κ2) is 33.1. The molecule has 2 aliphatic carbocycles. The van der Waals surface area contributed by atoms with E-state index < -0.39 is 0 Å². The number of hydrogen-bond donors (Lipinski definition) is 1. The molecule has 0 bridgehead atoms. The molecule has 2 atom stereocenters. The van der Waals surface area contributed by atoms with Crippen molar-refractivity contribution < 1.29 is 18.3 Å². The molecule has 13 rings (SSSR count). The third kappa shape index (κ3) is 16.9. The van der Waals surface area contributed by atoms with Crippen LogP contribution in [0.5, 0.6) is 0 Å². The van der Waals surface area contributed by atoms with Gasteiger partial charge >= 0.3 is 0 Å². The number of aromatic amines is 1. The van der Waals surface area contributed by atoms with Crippen LogP contribution in [-0.2, 0) is 0 Å². The summed E-state index contributed by atoms with van der Waals surface area (Å²) in [5.41, 5.74) is 18.2. The van der Waals surface area contributed by atoms with Crippen molar-refractivity contribution >= 4 is 33.1 Å². The Morgan fingerprint density at radius 1 is 0.370 bits per heavy atom. The number of imidazole rings is 4. The van der Waals surface area contributed by atoms with Crippen LogP contribution < -0.4 is 18.3 Å². The third-order valence-electron chi connectivity index (χ3n) is 19.3. The Morgan fingerprint density at radius 2 is 0.717 bits per heavy atom. The molecule has 0 amide bonds. The zero-order valence-electron chi connectivity index (χ0n) is 55.6. The van der Waals surface area contributed by atoms with Gasteiger partial charge in [-0.2, -0.15) is 18.3 Å². The molecule has 11 aromatic rings. The minimum atomic E-state index is 0. The van der Waals surface area contributed by atoms with E-state index in [4.69, 9.17) is 0 Å².